The number of esters is 1. The van der Waals surface area contributed by atoms with E-state index >= 15 is 0 Å². The van der Waals surface area contributed by atoms with Crippen LogP contribution in [0, 0.1) is 0 Å². The minimum absolute atomic E-state index is 0.00751. The summed E-state index contributed by atoms with van der Waals surface area (Å²) >= 11 is 0. The lowest BCUT2D eigenvalue weighted by Crippen LogP contribution is -2.45. The number of unbranched alkanes of at least 4 members (excludes halogenated alkanes) is 41. The Bertz CT molecular complexity index is 1010. The molecule has 0 aromatic carbocycles. The Labute approximate surface area is 405 Å². The summed E-state index contributed by atoms with van der Waals surface area (Å²) in [7, 11) is 0. The van der Waals surface area contributed by atoms with Crippen molar-refractivity contribution in [1.29, 1.82) is 0 Å². The van der Waals surface area contributed by atoms with Crippen LogP contribution in [-0.4, -0.2) is 47.4 Å². The summed E-state index contributed by atoms with van der Waals surface area (Å²) in [6.45, 7) is 4.89. The summed E-state index contributed by atoms with van der Waals surface area (Å²) in [4.78, 5) is 24.5. The normalized spacial score (nSPS) is 12.7. The molecule has 384 valence electrons. The van der Waals surface area contributed by atoms with Gasteiger partial charge in [0.1, 0.15) is 0 Å². The number of carbonyl (C=O) groups excluding carboxylic acids is 2. The summed E-state index contributed by atoms with van der Waals surface area (Å²) in [6.07, 6.45) is 66.2. The molecule has 0 radical (unpaired) electrons. The van der Waals surface area contributed by atoms with Gasteiger partial charge < -0.3 is 20.3 Å². The van der Waals surface area contributed by atoms with Crippen molar-refractivity contribution in [2.75, 3.05) is 13.2 Å². The van der Waals surface area contributed by atoms with Crippen LogP contribution >= 0.6 is 0 Å². The van der Waals surface area contributed by atoms with Crippen molar-refractivity contribution in [3.63, 3.8) is 0 Å². The summed E-state index contributed by atoms with van der Waals surface area (Å²) < 4.78 is 5.47. The maximum Gasteiger partial charge on any atom is 0.305 e. The average Bonchev–Trinajstić information content (AvgIpc) is 3.31. The lowest BCUT2D eigenvalue weighted by Gasteiger charge is -2.20. The monoisotopic (exact) mass is 916 g/mol. The Kier molecular flexibility index (Phi) is 53.5. The standard InChI is InChI=1S/C59H113NO5/c1-3-5-7-9-11-13-15-17-19-21-23-27-31-35-39-43-47-51-57(62)56(55-61)60-58(63)52-48-44-40-36-32-28-24-22-26-30-34-38-42-46-50-54-65-59(64)53-49-45-41-37-33-29-25-20-18-16-14-12-10-8-6-4-2/h20,25,47,51,56-57,61-62H,3-19,21-24,26-46,48-50,52-55H2,1-2H3,(H,60,63)/b25-20-,51-47+. The van der Waals surface area contributed by atoms with E-state index in [4.69, 9.17) is 4.74 Å². The Morgan fingerprint density at radius 3 is 1.09 bits per heavy atom. The van der Waals surface area contributed by atoms with E-state index in [9.17, 15) is 19.8 Å². The number of amides is 1. The molecule has 6 heteroatoms. The van der Waals surface area contributed by atoms with Crippen LogP contribution in [0.2, 0.25) is 0 Å². The Balaban J connectivity index is 3.46. The lowest BCUT2D eigenvalue weighted by atomic mass is 10.0. The van der Waals surface area contributed by atoms with Gasteiger partial charge in [-0.3, -0.25) is 9.59 Å². The number of rotatable bonds is 54. The zero-order valence-corrected chi connectivity index (χ0v) is 43.7. The SMILES string of the molecule is CCCCCCCCC/C=C\CCCCCCCC(=O)OCCCCCCCCCCCCCCCCCC(=O)NC(CO)C(O)/C=C/CCCCCCCCCCCCCCCCC. The van der Waals surface area contributed by atoms with Crippen LogP contribution < -0.4 is 5.32 Å². The third-order valence-corrected chi connectivity index (χ3v) is 13.5. The van der Waals surface area contributed by atoms with Crippen LogP contribution in [-0.2, 0) is 14.3 Å². The van der Waals surface area contributed by atoms with Gasteiger partial charge >= 0.3 is 5.97 Å². The molecule has 0 saturated carbocycles. The van der Waals surface area contributed by atoms with E-state index in [0.29, 0.717) is 19.4 Å². The van der Waals surface area contributed by atoms with Crippen LogP contribution in [0.4, 0.5) is 0 Å². The van der Waals surface area contributed by atoms with Crippen molar-refractivity contribution in [3.8, 4) is 0 Å². The van der Waals surface area contributed by atoms with Crippen LogP contribution in [0.3, 0.4) is 0 Å². The van der Waals surface area contributed by atoms with Gasteiger partial charge in [-0.25, -0.2) is 0 Å². The molecule has 0 aromatic heterocycles. The summed E-state index contributed by atoms with van der Waals surface area (Å²) in [5, 5.41) is 23.1. The molecule has 0 saturated heterocycles. The number of hydrogen-bond donors (Lipinski definition) is 3. The largest absolute Gasteiger partial charge is 0.466 e. The van der Waals surface area contributed by atoms with Gasteiger partial charge in [0.05, 0.1) is 25.4 Å². The van der Waals surface area contributed by atoms with Crippen molar-refractivity contribution in [1.82, 2.24) is 5.32 Å². The van der Waals surface area contributed by atoms with Crippen molar-refractivity contribution >= 4 is 11.9 Å². The fourth-order valence-electron chi connectivity index (χ4n) is 8.98. The molecule has 0 aromatic rings. The molecule has 6 nitrogen and oxygen atoms in total. The van der Waals surface area contributed by atoms with Crippen LogP contribution in [0.15, 0.2) is 24.3 Å². The van der Waals surface area contributed by atoms with E-state index in [0.717, 1.165) is 51.4 Å². The molecule has 2 unspecified atom stereocenters. The van der Waals surface area contributed by atoms with Gasteiger partial charge in [-0.05, 0) is 57.8 Å². The molecule has 0 heterocycles. The first kappa shape index (κ1) is 63.3. The van der Waals surface area contributed by atoms with Crippen molar-refractivity contribution in [3.05, 3.63) is 24.3 Å². The molecular weight excluding hydrogens is 803 g/mol. The number of ether oxygens (including phenoxy) is 1. The first-order valence-corrected chi connectivity index (χ1v) is 29.1. The highest BCUT2D eigenvalue weighted by Crippen LogP contribution is 2.17. The molecule has 0 rings (SSSR count). The number of nitrogens with one attached hydrogen (secondary N) is 1. The average molecular weight is 917 g/mol. The highest BCUT2D eigenvalue weighted by molar-refractivity contribution is 5.76. The fourth-order valence-corrected chi connectivity index (χ4v) is 8.98. The van der Waals surface area contributed by atoms with E-state index in [2.05, 4.69) is 31.3 Å². The van der Waals surface area contributed by atoms with E-state index in [1.54, 1.807) is 6.08 Å². The smallest absolute Gasteiger partial charge is 0.305 e. The zero-order valence-electron chi connectivity index (χ0n) is 43.7. The Morgan fingerprint density at radius 1 is 0.415 bits per heavy atom. The second kappa shape index (κ2) is 54.9. The first-order valence-electron chi connectivity index (χ1n) is 29.1. The third kappa shape index (κ3) is 51.6. The van der Waals surface area contributed by atoms with Crippen molar-refractivity contribution < 1.29 is 24.5 Å². The molecule has 0 aliphatic rings. The fraction of sp³-hybridized carbons (Fsp3) is 0.898. The number of hydrogen-bond acceptors (Lipinski definition) is 5. The molecule has 0 bridgehead atoms. The number of aliphatic hydroxyl groups is 2. The minimum Gasteiger partial charge on any atom is -0.466 e. The molecule has 1 amide bonds. The number of allylic oxidation sites excluding steroid dienone is 3. The quantitative estimate of drug-likeness (QED) is 0.0321. The third-order valence-electron chi connectivity index (χ3n) is 13.5. The van der Waals surface area contributed by atoms with Gasteiger partial charge in [0.15, 0.2) is 0 Å². The highest BCUT2D eigenvalue weighted by atomic mass is 16.5. The molecule has 65 heavy (non-hydrogen) atoms. The Morgan fingerprint density at radius 2 is 0.723 bits per heavy atom. The molecular formula is C59H113NO5. The number of aliphatic hydroxyl groups excluding tert-OH is 2. The van der Waals surface area contributed by atoms with Gasteiger partial charge in [0, 0.05) is 12.8 Å². The van der Waals surface area contributed by atoms with E-state index in [-0.39, 0.29) is 18.5 Å². The maximum atomic E-state index is 12.5. The summed E-state index contributed by atoms with van der Waals surface area (Å²) in [5.74, 6) is -0.0824. The molecule has 0 spiro atoms. The van der Waals surface area contributed by atoms with Crippen LogP contribution in [0.1, 0.15) is 316 Å². The van der Waals surface area contributed by atoms with Gasteiger partial charge in [-0.2, -0.15) is 0 Å². The van der Waals surface area contributed by atoms with Gasteiger partial charge in [-0.15, -0.1) is 0 Å². The molecule has 0 aliphatic heterocycles. The highest BCUT2D eigenvalue weighted by Gasteiger charge is 2.18. The lowest BCUT2D eigenvalue weighted by molar-refractivity contribution is -0.143. The second-order valence-corrected chi connectivity index (χ2v) is 20.0. The van der Waals surface area contributed by atoms with E-state index < -0.39 is 12.1 Å². The van der Waals surface area contributed by atoms with E-state index in [1.165, 1.54) is 238 Å². The van der Waals surface area contributed by atoms with Gasteiger partial charge in [0.2, 0.25) is 5.91 Å². The minimum atomic E-state index is -0.850. The van der Waals surface area contributed by atoms with Crippen molar-refractivity contribution in [2.45, 2.75) is 328 Å². The summed E-state index contributed by atoms with van der Waals surface area (Å²) in [5.41, 5.74) is 0. The molecule has 2 atom stereocenters. The Hall–Kier alpha value is -1.66. The van der Waals surface area contributed by atoms with E-state index in [1.807, 2.05) is 6.08 Å². The molecule has 0 aliphatic carbocycles. The topological polar surface area (TPSA) is 95.9 Å². The maximum absolute atomic E-state index is 12.5. The number of carbonyl (C=O) groups is 2. The van der Waals surface area contributed by atoms with Crippen LogP contribution in [0.25, 0.3) is 0 Å². The predicted molar refractivity (Wildman–Crippen MR) is 283 cm³/mol. The first-order chi connectivity index (χ1) is 32.0. The molecule has 3 N–H and O–H groups in total. The zero-order chi connectivity index (χ0) is 47.2. The van der Waals surface area contributed by atoms with Crippen LogP contribution in [0.5, 0.6) is 0 Å². The molecule has 0 fully saturated rings. The van der Waals surface area contributed by atoms with Gasteiger partial charge in [0.25, 0.3) is 0 Å². The van der Waals surface area contributed by atoms with Gasteiger partial charge in [-0.1, -0.05) is 269 Å². The predicted octanol–water partition coefficient (Wildman–Crippen LogP) is 17.9. The second-order valence-electron chi connectivity index (χ2n) is 20.0. The van der Waals surface area contributed by atoms with Crippen molar-refractivity contribution in [2.24, 2.45) is 0 Å². The summed E-state index contributed by atoms with van der Waals surface area (Å²) in [6, 6.07) is -0.634.